The monoisotopic (exact) mass is 362 g/mol. The summed E-state index contributed by atoms with van der Waals surface area (Å²) < 4.78 is 27.1. The Morgan fingerprint density at radius 2 is 2.08 bits per heavy atom. The molecule has 9 heteroatoms. The summed E-state index contributed by atoms with van der Waals surface area (Å²) in [5.41, 5.74) is 2.92. The summed E-state index contributed by atoms with van der Waals surface area (Å²) in [6, 6.07) is 3.98. The quantitative estimate of drug-likeness (QED) is 0.862. The Hall–Kier alpha value is -2.00. The second-order valence-electron chi connectivity index (χ2n) is 6.76. The lowest BCUT2D eigenvalue weighted by atomic mass is 10.3. The number of aryl methyl sites for hydroxylation is 1. The zero-order chi connectivity index (χ0) is 17.4. The lowest BCUT2D eigenvalue weighted by Gasteiger charge is -2.16. The number of hydrogen-bond acceptors (Lipinski definition) is 6. The highest BCUT2D eigenvalue weighted by Gasteiger charge is 2.25. The van der Waals surface area contributed by atoms with Crippen molar-refractivity contribution >= 4 is 15.8 Å². The molecule has 134 valence electrons. The number of hydrogen-bond donors (Lipinski definition) is 1. The fraction of sp³-hybridized carbons (Fsp3) is 0.562. The van der Waals surface area contributed by atoms with Crippen LogP contribution < -0.4 is 5.32 Å². The Balaban J connectivity index is 1.45. The largest absolute Gasteiger partial charge is 0.364 e. The minimum Gasteiger partial charge on any atom is -0.364 e. The minimum atomic E-state index is -3.19. The van der Waals surface area contributed by atoms with Crippen LogP contribution >= 0.6 is 0 Å². The van der Waals surface area contributed by atoms with E-state index < -0.39 is 10.0 Å². The van der Waals surface area contributed by atoms with Crippen LogP contribution in [0.5, 0.6) is 0 Å². The maximum absolute atomic E-state index is 11.8. The van der Waals surface area contributed by atoms with Gasteiger partial charge in [0.2, 0.25) is 10.0 Å². The van der Waals surface area contributed by atoms with Gasteiger partial charge in [0.1, 0.15) is 12.1 Å². The molecule has 1 aliphatic carbocycles. The fourth-order valence-corrected chi connectivity index (χ4v) is 3.94. The summed E-state index contributed by atoms with van der Waals surface area (Å²) >= 11 is 0. The van der Waals surface area contributed by atoms with Crippen molar-refractivity contribution < 1.29 is 8.42 Å². The molecule has 0 unspecified atom stereocenters. The predicted octanol–water partition coefficient (Wildman–Crippen LogP) is 1.33. The highest BCUT2D eigenvalue weighted by molar-refractivity contribution is 7.88. The van der Waals surface area contributed by atoms with E-state index >= 15 is 0 Å². The van der Waals surface area contributed by atoms with Gasteiger partial charge in [-0.1, -0.05) is 0 Å². The van der Waals surface area contributed by atoms with Crippen LogP contribution in [0.25, 0.3) is 0 Å². The van der Waals surface area contributed by atoms with Gasteiger partial charge in [-0.2, -0.15) is 9.40 Å². The molecule has 0 bridgehead atoms. The minimum absolute atomic E-state index is 0.380. The van der Waals surface area contributed by atoms with Crippen molar-refractivity contribution in [1.29, 1.82) is 0 Å². The third kappa shape index (κ3) is 3.82. The second kappa shape index (κ2) is 6.38. The molecule has 0 aromatic carbocycles. The van der Waals surface area contributed by atoms with E-state index in [1.807, 2.05) is 16.8 Å². The number of fused-ring (bicyclic) bond motifs is 1. The zero-order valence-electron chi connectivity index (χ0n) is 14.2. The summed E-state index contributed by atoms with van der Waals surface area (Å²) in [6.45, 7) is 2.21. The van der Waals surface area contributed by atoms with Gasteiger partial charge in [0.05, 0.1) is 30.7 Å². The first kappa shape index (κ1) is 16.5. The van der Waals surface area contributed by atoms with Crippen molar-refractivity contribution in [3.63, 3.8) is 0 Å². The van der Waals surface area contributed by atoms with E-state index in [4.69, 9.17) is 0 Å². The number of nitrogens with zero attached hydrogens (tertiary/aromatic N) is 5. The van der Waals surface area contributed by atoms with Gasteiger partial charge in [-0.25, -0.2) is 18.4 Å². The molecule has 4 rings (SSSR count). The van der Waals surface area contributed by atoms with Gasteiger partial charge in [-0.3, -0.25) is 4.68 Å². The highest BCUT2D eigenvalue weighted by Crippen LogP contribution is 2.39. The van der Waals surface area contributed by atoms with Gasteiger partial charge in [-0.15, -0.1) is 0 Å². The van der Waals surface area contributed by atoms with E-state index in [-0.39, 0.29) is 0 Å². The highest BCUT2D eigenvalue weighted by atomic mass is 32.2. The Bertz CT molecular complexity index is 875. The summed E-state index contributed by atoms with van der Waals surface area (Å²) in [4.78, 5) is 8.58. The van der Waals surface area contributed by atoms with E-state index in [1.54, 1.807) is 6.33 Å². The van der Waals surface area contributed by atoms with E-state index in [1.165, 1.54) is 23.4 Å². The fourth-order valence-electron chi connectivity index (χ4n) is 3.11. The maximum atomic E-state index is 11.8. The maximum Gasteiger partial charge on any atom is 0.211 e. The number of aromatic nitrogens is 4. The van der Waals surface area contributed by atoms with E-state index in [0.717, 1.165) is 35.9 Å². The zero-order valence-corrected chi connectivity index (χ0v) is 15.0. The van der Waals surface area contributed by atoms with Crippen LogP contribution in [0.2, 0.25) is 0 Å². The third-order valence-corrected chi connectivity index (χ3v) is 5.88. The van der Waals surface area contributed by atoms with Crippen molar-refractivity contribution in [2.24, 2.45) is 0 Å². The first-order valence-corrected chi connectivity index (χ1v) is 10.4. The topological polar surface area (TPSA) is 93.0 Å². The first-order chi connectivity index (χ1) is 12.0. The first-order valence-electron chi connectivity index (χ1n) is 8.55. The van der Waals surface area contributed by atoms with Crippen LogP contribution in [0.15, 0.2) is 18.5 Å². The van der Waals surface area contributed by atoms with E-state index in [9.17, 15) is 8.42 Å². The normalized spacial score (nSPS) is 18.6. The Labute approximate surface area is 147 Å². The van der Waals surface area contributed by atoms with Crippen molar-refractivity contribution in [1.82, 2.24) is 24.1 Å². The molecule has 1 N–H and O–H groups in total. The van der Waals surface area contributed by atoms with Crippen molar-refractivity contribution in [3.05, 3.63) is 35.5 Å². The van der Waals surface area contributed by atoms with Crippen LogP contribution in [0, 0.1) is 0 Å². The SMILES string of the molecule is CS(=O)(=O)N1CCCn2nc(CNc3cc(C4CC4)ncn3)cc2C1. The molecule has 1 aliphatic heterocycles. The van der Waals surface area contributed by atoms with Crippen LogP contribution in [0.1, 0.15) is 42.3 Å². The summed E-state index contributed by atoms with van der Waals surface area (Å²) in [5.74, 6) is 1.40. The smallest absolute Gasteiger partial charge is 0.211 e. The van der Waals surface area contributed by atoms with Crippen molar-refractivity contribution in [3.8, 4) is 0 Å². The molecule has 8 nitrogen and oxygen atoms in total. The molecule has 25 heavy (non-hydrogen) atoms. The van der Waals surface area contributed by atoms with Crippen LogP contribution in [0.3, 0.4) is 0 Å². The summed E-state index contributed by atoms with van der Waals surface area (Å²) in [6.07, 6.45) is 6.05. The standard InChI is InChI=1S/C16H22N6O2S/c1-25(23,24)21-5-2-6-22-14(10-21)7-13(20-22)9-17-16-8-15(12-3-4-12)18-11-19-16/h7-8,11-12H,2-6,9-10H2,1H3,(H,17,18,19). The van der Waals surface area contributed by atoms with Gasteiger partial charge < -0.3 is 5.32 Å². The lowest BCUT2D eigenvalue weighted by Crippen LogP contribution is -2.29. The Kier molecular flexibility index (Phi) is 4.20. The molecule has 0 spiro atoms. The van der Waals surface area contributed by atoms with Gasteiger partial charge >= 0.3 is 0 Å². The Morgan fingerprint density at radius 3 is 2.84 bits per heavy atom. The van der Waals surface area contributed by atoms with Crippen LogP contribution in [0.4, 0.5) is 5.82 Å². The van der Waals surface area contributed by atoms with Gasteiger partial charge in [-0.05, 0) is 25.3 Å². The predicted molar refractivity (Wildman–Crippen MR) is 93.4 cm³/mol. The molecule has 2 aromatic heterocycles. The number of nitrogens with one attached hydrogen (secondary N) is 1. The van der Waals surface area contributed by atoms with Gasteiger partial charge in [0.25, 0.3) is 0 Å². The van der Waals surface area contributed by atoms with Gasteiger partial charge in [0, 0.05) is 30.8 Å². The summed E-state index contributed by atoms with van der Waals surface area (Å²) in [7, 11) is -3.19. The third-order valence-electron chi connectivity index (χ3n) is 4.63. The molecule has 0 radical (unpaired) electrons. The van der Waals surface area contributed by atoms with Crippen molar-refractivity contribution in [2.45, 2.75) is 44.8 Å². The molecule has 0 saturated heterocycles. The summed E-state index contributed by atoms with van der Waals surface area (Å²) in [5, 5.41) is 7.89. The Morgan fingerprint density at radius 1 is 1.24 bits per heavy atom. The van der Waals surface area contributed by atoms with E-state index in [2.05, 4.69) is 20.4 Å². The average molecular weight is 362 g/mol. The number of anilines is 1. The molecule has 1 fully saturated rings. The molecular formula is C16H22N6O2S. The average Bonchev–Trinajstić information content (AvgIpc) is 3.37. The van der Waals surface area contributed by atoms with Crippen LogP contribution in [-0.2, 0) is 29.7 Å². The molecule has 0 amide bonds. The van der Waals surface area contributed by atoms with Gasteiger partial charge in [0.15, 0.2) is 0 Å². The second-order valence-corrected chi connectivity index (χ2v) is 8.74. The molecule has 2 aromatic rings. The molecule has 1 saturated carbocycles. The van der Waals surface area contributed by atoms with E-state index in [0.29, 0.717) is 25.6 Å². The van der Waals surface area contributed by atoms with Crippen LogP contribution in [-0.4, -0.2) is 45.3 Å². The molecule has 0 atom stereocenters. The number of sulfonamides is 1. The molecule has 2 aliphatic rings. The van der Waals surface area contributed by atoms with Crippen molar-refractivity contribution in [2.75, 3.05) is 18.1 Å². The lowest BCUT2D eigenvalue weighted by molar-refractivity contribution is 0.414. The molecule has 3 heterocycles. The number of rotatable bonds is 5. The molecular weight excluding hydrogens is 340 g/mol.